The number of rotatable bonds is 4. The summed E-state index contributed by atoms with van der Waals surface area (Å²) in [6, 6.07) is 25.3. The van der Waals surface area contributed by atoms with Crippen LogP contribution in [0.15, 0.2) is 78.9 Å². The normalized spacial score (nSPS) is 16.4. The monoisotopic (exact) mass is 359 g/mol. The quantitative estimate of drug-likeness (QED) is 0.765. The summed E-state index contributed by atoms with van der Waals surface area (Å²) in [5.41, 5.74) is 3.22. The third-order valence-electron chi connectivity index (χ3n) is 4.63. The molecule has 4 nitrogen and oxygen atoms in total. The lowest BCUT2D eigenvalue weighted by Crippen LogP contribution is -2.45. The van der Waals surface area contributed by atoms with Crippen LogP contribution in [0.1, 0.15) is 22.7 Å². The predicted molar refractivity (Wildman–Crippen MR) is 104 cm³/mol. The van der Waals surface area contributed by atoms with E-state index in [-0.39, 0.29) is 18.6 Å². The average Bonchev–Trinajstić information content (AvgIpc) is 2.73. The largest absolute Gasteiger partial charge is 0.485 e. The van der Waals surface area contributed by atoms with Gasteiger partial charge in [0.05, 0.1) is 6.04 Å². The lowest BCUT2D eigenvalue weighted by atomic mass is 9.97. The first-order chi connectivity index (χ1) is 13.2. The van der Waals surface area contributed by atoms with Gasteiger partial charge in [-0.1, -0.05) is 72.3 Å². The number of amides is 1. The number of nitrogens with one attached hydrogen (secondary N) is 1. The molecule has 0 aliphatic carbocycles. The van der Waals surface area contributed by atoms with Crippen LogP contribution < -0.4 is 14.8 Å². The van der Waals surface area contributed by atoms with Crippen molar-refractivity contribution in [1.29, 1.82) is 0 Å². The number of carbonyl (C=O) groups is 1. The zero-order valence-corrected chi connectivity index (χ0v) is 15.1. The Bertz CT molecular complexity index is 922. The van der Waals surface area contributed by atoms with Crippen molar-refractivity contribution in [1.82, 2.24) is 5.32 Å². The van der Waals surface area contributed by atoms with Crippen molar-refractivity contribution in [2.75, 3.05) is 6.61 Å². The molecule has 0 fully saturated rings. The third kappa shape index (κ3) is 3.80. The van der Waals surface area contributed by atoms with Gasteiger partial charge in [-0.05, 0) is 30.2 Å². The maximum Gasteiger partial charge on any atom is 0.265 e. The summed E-state index contributed by atoms with van der Waals surface area (Å²) >= 11 is 0. The first kappa shape index (κ1) is 17.2. The highest BCUT2D eigenvalue weighted by atomic mass is 16.6. The van der Waals surface area contributed by atoms with Gasteiger partial charge in [-0.25, -0.2) is 0 Å². The van der Waals surface area contributed by atoms with Gasteiger partial charge in [0, 0.05) is 0 Å². The van der Waals surface area contributed by atoms with E-state index in [0.717, 1.165) is 11.1 Å². The highest BCUT2D eigenvalue weighted by Gasteiger charge is 2.29. The standard InChI is InChI=1S/C23H21NO3/c1-16-11-13-18(14-12-16)22(17-7-3-2-4-8-17)24-23(25)21-15-26-19-9-5-6-10-20(19)27-21/h2-14,21-22H,15H2,1H3,(H,24,25)/t21-,22-/m0/s1. The molecule has 0 bridgehead atoms. The molecule has 1 N–H and O–H groups in total. The van der Waals surface area contributed by atoms with Crippen molar-refractivity contribution in [2.24, 2.45) is 0 Å². The molecule has 0 unspecified atom stereocenters. The summed E-state index contributed by atoms with van der Waals surface area (Å²) in [5, 5.41) is 3.13. The number of aryl methyl sites for hydroxylation is 1. The van der Waals surface area contributed by atoms with Gasteiger partial charge in [0.15, 0.2) is 11.5 Å². The van der Waals surface area contributed by atoms with Crippen LogP contribution in [0.4, 0.5) is 0 Å². The van der Waals surface area contributed by atoms with Crippen molar-refractivity contribution in [3.05, 3.63) is 95.6 Å². The number of hydrogen-bond acceptors (Lipinski definition) is 3. The van der Waals surface area contributed by atoms with Gasteiger partial charge in [-0.2, -0.15) is 0 Å². The summed E-state index contributed by atoms with van der Waals surface area (Å²) in [5.74, 6) is 1.06. The van der Waals surface area contributed by atoms with Crippen LogP contribution >= 0.6 is 0 Å². The molecule has 1 aliphatic rings. The van der Waals surface area contributed by atoms with Crippen molar-refractivity contribution < 1.29 is 14.3 Å². The fourth-order valence-electron chi connectivity index (χ4n) is 3.15. The van der Waals surface area contributed by atoms with E-state index in [4.69, 9.17) is 9.47 Å². The van der Waals surface area contributed by atoms with Gasteiger partial charge >= 0.3 is 0 Å². The number of benzene rings is 3. The van der Waals surface area contributed by atoms with Crippen molar-refractivity contribution in [3.63, 3.8) is 0 Å². The number of fused-ring (bicyclic) bond motifs is 1. The SMILES string of the molecule is Cc1ccc([C@@H](NC(=O)[C@@H]2COc3ccccc3O2)c2ccccc2)cc1. The Hall–Kier alpha value is -3.27. The predicted octanol–water partition coefficient (Wildman–Crippen LogP) is 4.04. The number of ether oxygens (including phenoxy) is 2. The molecule has 1 amide bonds. The van der Waals surface area contributed by atoms with E-state index in [2.05, 4.69) is 5.32 Å². The van der Waals surface area contributed by atoms with E-state index in [1.54, 1.807) is 0 Å². The molecule has 4 rings (SSSR count). The second kappa shape index (κ2) is 7.54. The van der Waals surface area contributed by atoms with Crippen LogP contribution in [0.2, 0.25) is 0 Å². The van der Waals surface area contributed by atoms with Gasteiger partial charge in [0.25, 0.3) is 5.91 Å². The zero-order chi connectivity index (χ0) is 18.6. The highest BCUT2D eigenvalue weighted by Crippen LogP contribution is 2.31. The second-order valence-corrected chi connectivity index (χ2v) is 6.63. The van der Waals surface area contributed by atoms with Crippen LogP contribution in [0.3, 0.4) is 0 Å². The van der Waals surface area contributed by atoms with Crippen molar-refractivity contribution >= 4 is 5.91 Å². The second-order valence-electron chi connectivity index (χ2n) is 6.63. The molecule has 1 aliphatic heterocycles. The van der Waals surface area contributed by atoms with E-state index in [1.807, 2.05) is 85.8 Å². The maximum atomic E-state index is 12.9. The Morgan fingerprint density at radius 2 is 1.52 bits per heavy atom. The lowest BCUT2D eigenvalue weighted by molar-refractivity contribution is -0.130. The van der Waals surface area contributed by atoms with Crippen LogP contribution in [0, 0.1) is 6.92 Å². The van der Waals surface area contributed by atoms with Crippen molar-refractivity contribution in [2.45, 2.75) is 19.1 Å². The highest BCUT2D eigenvalue weighted by molar-refractivity contribution is 5.82. The number of hydrogen-bond donors (Lipinski definition) is 1. The smallest absolute Gasteiger partial charge is 0.265 e. The van der Waals surface area contributed by atoms with Crippen LogP contribution in [0.25, 0.3) is 0 Å². The Labute approximate surface area is 158 Å². The van der Waals surface area contributed by atoms with E-state index in [1.165, 1.54) is 5.56 Å². The van der Waals surface area contributed by atoms with Gasteiger partial charge in [0.1, 0.15) is 6.61 Å². The Morgan fingerprint density at radius 3 is 2.26 bits per heavy atom. The number of carbonyl (C=O) groups excluding carboxylic acids is 1. The summed E-state index contributed by atoms with van der Waals surface area (Å²) in [4.78, 5) is 12.9. The number of para-hydroxylation sites is 2. The van der Waals surface area contributed by atoms with Crippen molar-refractivity contribution in [3.8, 4) is 11.5 Å². The van der Waals surface area contributed by atoms with E-state index in [9.17, 15) is 4.79 Å². The van der Waals surface area contributed by atoms with E-state index in [0.29, 0.717) is 11.5 Å². The van der Waals surface area contributed by atoms with Crippen LogP contribution in [-0.4, -0.2) is 18.6 Å². The lowest BCUT2D eigenvalue weighted by Gasteiger charge is -2.28. The summed E-state index contributed by atoms with van der Waals surface area (Å²) in [7, 11) is 0. The molecule has 3 aromatic carbocycles. The molecule has 0 saturated carbocycles. The summed E-state index contributed by atoms with van der Waals surface area (Å²) < 4.78 is 11.5. The molecule has 0 radical (unpaired) electrons. The fraction of sp³-hybridized carbons (Fsp3) is 0.174. The van der Waals surface area contributed by atoms with Gasteiger partial charge in [0.2, 0.25) is 6.10 Å². The molecular formula is C23H21NO3. The molecule has 0 aromatic heterocycles. The minimum atomic E-state index is -0.684. The first-order valence-electron chi connectivity index (χ1n) is 9.01. The maximum absolute atomic E-state index is 12.9. The summed E-state index contributed by atoms with van der Waals surface area (Å²) in [6.45, 7) is 2.24. The molecule has 1 heterocycles. The zero-order valence-electron chi connectivity index (χ0n) is 15.1. The minimum absolute atomic E-state index is 0.193. The molecule has 4 heteroatoms. The Kier molecular flexibility index (Phi) is 4.79. The van der Waals surface area contributed by atoms with E-state index >= 15 is 0 Å². The first-order valence-corrected chi connectivity index (χ1v) is 9.01. The summed E-state index contributed by atoms with van der Waals surface area (Å²) in [6.07, 6.45) is -0.684. The Balaban J connectivity index is 1.57. The van der Waals surface area contributed by atoms with Gasteiger partial charge in [-0.15, -0.1) is 0 Å². The van der Waals surface area contributed by atoms with E-state index < -0.39 is 6.10 Å². The minimum Gasteiger partial charge on any atom is -0.485 e. The average molecular weight is 359 g/mol. The van der Waals surface area contributed by atoms with Gasteiger partial charge < -0.3 is 14.8 Å². The molecule has 3 aromatic rings. The Morgan fingerprint density at radius 1 is 0.889 bits per heavy atom. The topological polar surface area (TPSA) is 47.6 Å². The fourth-order valence-corrected chi connectivity index (χ4v) is 3.15. The molecule has 27 heavy (non-hydrogen) atoms. The van der Waals surface area contributed by atoms with Crippen LogP contribution in [0.5, 0.6) is 11.5 Å². The molecular weight excluding hydrogens is 338 g/mol. The third-order valence-corrected chi connectivity index (χ3v) is 4.63. The molecule has 0 spiro atoms. The molecule has 136 valence electrons. The molecule has 0 saturated heterocycles. The molecule has 2 atom stereocenters. The van der Waals surface area contributed by atoms with Crippen LogP contribution in [-0.2, 0) is 4.79 Å². The van der Waals surface area contributed by atoms with Gasteiger partial charge in [-0.3, -0.25) is 4.79 Å².